The van der Waals surface area contributed by atoms with Gasteiger partial charge in [-0.1, -0.05) is 148 Å². The van der Waals surface area contributed by atoms with Crippen molar-refractivity contribution in [1.29, 1.82) is 0 Å². The Morgan fingerprint density at radius 2 is 1.15 bits per heavy atom. The van der Waals surface area contributed by atoms with E-state index in [9.17, 15) is 52.2 Å². The molecule has 2 heterocycles. The maximum absolute atomic E-state index is 15.1. The van der Waals surface area contributed by atoms with Crippen LogP contribution in [0.2, 0.25) is 0 Å². The molecule has 10 rings (SSSR count). The Hall–Kier alpha value is -7.92. The number of alkyl halides is 6. The molecule has 0 unspecified atom stereocenters. The standard InChI is InChI=1S/C37H40F4N4O2S.C36H38F4N4O2S/c1-4-43(5-2)19-20-44(22-26-9-13-28(14-10-26)29-15-18-32(25(3)21-29)37(39,40)41)34(46)23-45-33-8-6-7-31(33)35(47)42-36(45)48-24-27-11-16-30(38)17-12-27;1-3-42(4-2)20-21-43(22-25-8-12-27(13-9-25)28-14-16-29(17-15-28)36(38,39)40)33(45)23-44-32-7-5-6-31(32)34(46)41-35(44)47-24-26-10-18-30(37)19-11-26/h9-18,21H,4-8,19-20,22-24H2,1-3H3;8-19H,3-7,20-24H2,1-2H3/i4D2,5D2,6D2,7D2,8D2,9D,10D,11D,12D,13D,14D,15D,16D,17D,18D,19D2,20D2,21D;24D2. The van der Waals surface area contributed by atoms with Crippen LogP contribution in [-0.4, -0.2) is 103 Å². The Morgan fingerprint density at radius 3 is 1.77 bits per heavy atom. The van der Waals surface area contributed by atoms with Gasteiger partial charge >= 0.3 is 12.4 Å². The molecule has 22 heteroatoms. The maximum Gasteiger partial charge on any atom is 0.416 e. The molecule has 0 radical (unpaired) electrons. The quantitative estimate of drug-likeness (QED) is 0.0295. The molecule has 0 N–H and O–H groups in total. The van der Waals surface area contributed by atoms with Crippen molar-refractivity contribution < 1.29 is 81.7 Å². The van der Waals surface area contributed by atoms with Crippen molar-refractivity contribution in [2.24, 2.45) is 0 Å². The lowest BCUT2D eigenvalue weighted by molar-refractivity contribution is -0.138. The van der Waals surface area contributed by atoms with E-state index >= 15 is 4.79 Å². The number of fused-ring (bicyclic) bond motifs is 2. The van der Waals surface area contributed by atoms with Gasteiger partial charge in [0.1, 0.15) is 24.7 Å². The van der Waals surface area contributed by atoms with Gasteiger partial charge in [0.05, 0.1) is 28.9 Å². The third-order valence-electron chi connectivity index (χ3n) is 14.8. The smallest absolute Gasteiger partial charge is 0.336 e. The molecule has 0 atom stereocenters. The van der Waals surface area contributed by atoms with E-state index in [1.807, 2.05) is 38.1 Å². The van der Waals surface area contributed by atoms with Crippen LogP contribution in [-0.2, 0) is 85.2 Å². The molecule has 2 aliphatic carbocycles. The van der Waals surface area contributed by atoms with Gasteiger partial charge in [-0.2, -0.15) is 36.3 Å². The first-order chi connectivity index (χ1) is 56.0. The minimum absolute atomic E-state index is 0.0814. The summed E-state index contributed by atoms with van der Waals surface area (Å²) in [6, 6.07) is 3.82. The second kappa shape index (κ2) is 32.7. The van der Waals surface area contributed by atoms with Crippen LogP contribution in [0.1, 0.15) is 139 Å². The SMILES string of the molecule is [2H]C([2H])(Sc1nc(=O)c2c(n1CC(=O)N(CCN(CC)CC)Cc1ccc(-c3ccc(C(F)(F)F)cc3)cc1)CCC2)c1ccc(F)cc1.[2H]c1c([2H])c(CSc2nc(=O)c3c(n2CC(=O)N(Cc2c([2H])c([2H])c(-c4c([2H])c([2H])c(C(F)(F)F)c(C)c4[2H])c([2H])c2[2H])C([2H])([2H])C([2H])([2H])N(C([2H])([2H])C)C([2H])([2H])C)C([2H])([2H])C([2H])([2H])C3([2H])[2H])c([2H])c([2H])c1F. The van der Waals surface area contributed by atoms with Gasteiger partial charge in [0.2, 0.25) is 11.8 Å². The van der Waals surface area contributed by atoms with E-state index in [0.717, 1.165) is 61.5 Å². The molecule has 0 spiro atoms. The number of nitrogens with zero attached hydrogens (tertiary/aromatic N) is 8. The highest BCUT2D eigenvalue weighted by Gasteiger charge is 2.33. The lowest BCUT2D eigenvalue weighted by Crippen LogP contribution is -2.40. The fourth-order valence-electron chi connectivity index (χ4n) is 9.73. The van der Waals surface area contributed by atoms with E-state index < -0.39 is 232 Å². The van der Waals surface area contributed by atoms with Crippen LogP contribution in [0.15, 0.2) is 159 Å². The summed E-state index contributed by atoms with van der Waals surface area (Å²) in [7, 11) is 0. The molecule has 502 valence electrons. The molecule has 0 fully saturated rings. The first kappa shape index (κ1) is 43.3. The number of carbonyl (C=O) groups excluding carboxylic acids is 2. The van der Waals surface area contributed by atoms with Gasteiger partial charge in [-0.25, -0.2) is 8.78 Å². The molecular formula is C73H78F8N8O4S2. The Kier molecular flexibility index (Phi) is 14.9. The summed E-state index contributed by atoms with van der Waals surface area (Å²) in [6.45, 7) is -9.41. The van der Waals surface area contributed by atoms with Crippen LogP contribution in [0.4, 0.5) is 35.1 Å². The minimum Gasteiger partial charge on any atom is -0.336 e. The monoisotopic (exact) mass is 1370 g/mol. The molecule has 12 nitrogen and oxygen atoms in total. The number of hydrogen-bond donors (Lipinski definition) is 0. The topological polar surface area (TPSA) is 117 Å². The highest BCUT2D eigenvalue weighted by atomic mass is 32.2. The van der Waals surface area contributed by atoms with Crippen LogP contribution in [0, 0.1) is 18.6 Å². The zero-order valence-corrected chi connectivity index (χ0v) is 53.1. The number of halogens is 8. The minimum atomic E-state index is -5.28. The fraction of sp³-hybridized carbons (Fsp3) is 0.370. The third-order valence-corrected chi connectivity index (χ3v) is 16.6. The van der Waals surface area contributed by atoms with Gasteiger partial charge in [0.25, 0.3) is 11.1 Å². The number of benzene rings is 6. The van der Waals surface area contributed by atoms with Crippen molar-refractivity contribution in [1.82, 2.24) is 38.7 Å². The van der Waals surface area contributed by atoms with E-state index in [1.54, 1.807) is 9.47 Å². The van der Waals surface area contributed by atoms with Gasteiger partial charge < -0.3 is 28.7 Å². The summed E-state index contributed by atoms with van der Waals surface area (Å²) in [5.41, 5.74) is -10.3. The summed E-state index contributed by atoms with van der Waals surface area (Å²) in [6.07, 6.45) is -18.9. The molecule has 95 heavy (non-hydrogen) atoms. The largest absolute Gasteiger partial charge is 0.416 e. The third kappa shape index (κ3) is 19.0. The lowest BCUT2D eigenvalue weighted by Gasteiger charge is -2.28. The number of hydrogen-bond acceptors (Lipinski definition) is 10. The van der Waals surface area contributed by atoms with Crippen LogP contribution < -0.4 is 11.1 Å². The molecule has 6 aromatic carbocycles. The average Bonchev–Trinajstić information content (AvgIpc) is 1.53. The second-order valence-corrected chi connectivity index (χ2v) is 22.7. The number of likely N-dealkylation sites (N-methyl/N-ethyl adjacent to an activating group) is 2. The van der Waals surface area contributed by atoms with E-state index in [1.165, 1.54) is 36.4 Å². The summed E-state index contributed by atoms with van der Waals surface area (Å²) in [5, 5.41) is -0.861. The number of rotatable bonds is 26. The normalized spacial score (nSPS) is 19.3. The molecule has 2 amide bonds. The molecule has 0 saturated carbocycles. The zero-order chi connectivity index (χ0) is 91.9. The zero-order valence-electron chi connectivity index (χ0n) is 78.5. The van der Waals surface area contributed by atoms with Crippen LogP contribution in [0.5, 0.6) is 0 Å². The van der Waals surface area contributed by atoms with E-state index in [4.69, 9.17) is 34.3 Å². The Balaban J connectivity index is 0.000000299. The molecule has 8 aromatic rings. The van der Waals surface area contributed by atoms with Gasteiger partial charge in [0, 0.05) is 92.3 Å². The number of thioether (sulfide) groups is 2. The summed E-state index contributed by atoms with van der Waals surface area (Å²) >= 11 is 0.897. The Morgan fingerprint density at radius 1 is 0.579 bits per heavy atom. The molecule has 2 aromatic heterocycles. The van der Waals surface area contributed by atoms with Crippen LogP contribution >= 0.6 is 23.5 Å². The van der Waals surface area contributed by atoms with Crippen LogP contribution in [0.3, 0.4) is 0 Å². The van der Waals surface area contributed by atoms with Crippen molar-refractivity contribution in [3.63, 3.8) is 0 Å². The Bertz CT molecular complexity index is 5400. The first-order valence-electron chi connectivity index (χ1n) is 42.7. The fourth-order valence-corrected chi connectivity index (χ4v) is 11.4. The highest BCUT2D eigenvalue weighted by molar-refractivity contribution is 7.98. The molecule has 0 bridgehead atoms. The van der Waals surface area contributed by atoms with Crippen molar-refractivity contribution >= 4 is 35.3 Å². The van der Waals surface area contributed by atoms with Gasteiger partial charge in [-0.05, 0) is 164 Å². The molecule has 0 saturated heterocycles. The van der Waals surface area contributed by atoms with Gasteiger partial charge in [-0.3, -0.25) is 19.2 Å². The lowest BCUT2D eigenvalue weighted by atomic mass is 9.98. The first-order valence-corrected chi connectivity index (χ1v) is 31.0. The molecule has 2 aliphatic rings. The molecular weight excluding hydrogens is 1270 g/mol. The number of aromatic nitrogens is 4. The highest BCUT2D eigenvalue weighted by Crippen LogP contribution is 2.36. The van der Waals surface area contributed by atoms with Crippen molar-refractivity contribution in [3.05, 3.63) is 233 Å². The summed E-state index contributed by atoms with van der Waals surface area (Å²) < 4.78 is 342. The summed E-state index contributed by atoms with van der Waals surface area (Å²) in [4.78, 5) is 67.2. The van der Waals surface area contributed by atoms with Crippen molar-refractivity contribution in [2.45, 2.75) is 133 Å². The second-order valence-electron chi connectivity index (χ2n) is 20.9. The van der Waals surface area contributed by atoms with Crippen molar-refractivity contribution in [3.8, 4) is 22.3 Å². The van der Waals surface area contributed by atoms with E-state index in [-0.39, 0.29) is 51.3 Å². The number of amides is 2. The predicted octanol–water partition coefficient (Wildman–Crippen LogP) is 14.7. The van der Waals surface area contributed by atoms with E-state index in [2.05, 4.69) is 14.9 Å². The van der Waals surface area contributed by atoms with Crippen LogP contribution in [0.25, 0.3) is 22.3 Å². The summed E-state index contributed by atoms with van der Waals surface area (Å²) in [5.74, 6) is -5.09. The average molecular weight is 1370 g/mol. The van der Waals surface area contributed by atoms with E-state index in [0.29, 0.717) is 61.2 Å². The van der Waals surface area contributed by atoms with Crippen molar-refractivity contribution in [2.75, 3.05) is 52.2 Å². The number of carbonyl (C=O) groups is 2. The van der Waals surface area contributed by atoms with Gasteiger partial charge in [-0.15, -0.1) is 0 Å². The van der Waals surface area contributed by atoms with Gasteiger partial charge in [0.15, 0.2) is 10.3 Å². The molecule has 0 aliphatic heterocycles. The maximum atomic E-state index is 15.1. The predicted molar refractivity (Wildman–Crippen MR) is 358 cm³/mol. The Labute approximate surface area is 595 Å².